The van der Waals surface area contributed by atoms with Crippen LogP contribution in [0.4, 0.5) is 11.4 Å². The highest BCUT2D eigenvalue weighted by atomic mass is 16.5. The molecule has 2 unspecified atom stereocenters. The molecule has 246 valence electrons. The fourth-order valence-electron chi connectivity index (χ4n) is 8.40. The summed E-state index contributed by atoms with van der Waals surface area (Å²) in [5.41, 5.74) is -0.803. The molecule has 2 bridgehead atoms. The number of ether oxygens (including phenoxy) is 1. The highest BCUT2D eigenvalue weighted by Gasteiger charge is 2.79. The van der Waals surface area contributed by atoms with E-state index in [0.29, 0.717) is 30.6 Å². The number of rotatable bonds is 12. The van der Waals surface area contributed by atoms with Crippen molar-refractivity contribution >= 4 is 39.9 Å². The van der Waals surface area contributed by atoms with Crippen molar-refractivity contribution in [3.05, 3.63) is 98.1 Å². The fraction of sp³-hybridized carbons (Fsp3) is 0.410. The molecule has 3 heterocycles. The number of hydrogen-bond acceptors (Lipinski definition) is 5. The van der Waals surface area contributed by atoms with Crippen LogP contribution >= 0.6 is 0 Å². The van der Waals surface area contributed by atoms with E-state index >= 15 is 4.79 Å². The van der Waals surface area contributed by atoms with Crippen molar-refractivity contribution in [3.8, 4) is 0 Å². The SMILES string of the molecule is C=CCN(C(=O)C1N([C@@H](CO)CC(C)C)C(=O)[C@@H]2[C@H](C(=O)N(CC=C)c3ccccc3)[C@]3(C)CCC12O3)c1ccc2ccccc2c1. The zero-order valence-electron chi connectivity index (χ0n) is 27.5. The van der Waals surface area contributed by atoms with Gasteiger partial charge in [-0.1, -0.05) is 74.5 Å². The van der Waals surface area contributed by atoms with Crippen LogP contribution in [0, 0.1) is 17.8 Å². The molecule has 3 saturated heterocycles. The Balaban J connectivity index is 1.47. The number of para-hydroxylation sites is 1. The number of carbonyl (C=O) groups excluding carboxylic acids is 3. The fourth-order valence-corrected chi connectivity index (χ4v) is 8.40. The van der Waals surface area contributed by atoms with Crippen molar-refractivity contribution in [3.63, 3.8) is 0 Å². The molecule has 1 N–H and O–H groups in total. The highest BCUT2D eigenvalue weighted by Crippen LogP contribution is 2.64. The number of fused-ring (bicyclic) bond motifs is 2. The molecule has 47 heavy (non-hydrogen) atoms. The average Bonchev–Trinajstić information content (AvgIpc) is 3.65. The lowest BCUT2D eigenvalue weighted by Gasteiger charge is -2.40. The van der Waals surface area contributed by atoms with E-state index in [0.717, 1.165) is 10.8 Å². The molecule has 3 aromatic carbocycles. The van der Waals surface area contributed by atoms with E-state index in [1.54, 1.807) is 26.9 Å². The molecule has 8 heteroatoms. The summed E-state index contributed by atoms with van der Waals surface area (Å²) in [5.74, 6) is -2.41. The monoisotopic (exact) mass is 635 g/mol. The lowest BCUT2D eigenvalue weighted by atomic mass is 9.66. The second-order valence-corrected chi connectivity index (χ2v) is 13.8. The Morgan fingerprint density at radius 2 is 1.57 bits per heavy atom. The number of anilines is 2. The standard InChI is InChI=1S/C39H45N3O5/c1-6-21-40(29-15-9-8-10-16-29)35(44)32-33-36(45)42(31(25-43)23-26(3)4)34(39(33)20-19-38(32,5)47-39)37(46)41(22-7-2)30-18-17-27-13-11-12-14-28(27)24-30/h6-18,24,26,31-34,43H,1-2,19-23,25H2,3-5H3/t31-,32-,33+,34?,38+,39?/m1/s1. The molecule has 0 aromatic heterocycles. The predicted molar refractivity (Wildman–Crippen MR) is 185 cm³/mol. The van der Waals surface area contributed by atoms with Gasteiger partial charge in [-0.3, -0.25) is 14.4 Å². The van der Waals surface area contributed by atoms with Gasteiger partial charge in [0.2, 0.25) is 11.8 Å². The van der Waals surface area contributed by atoms with Crippen molar-refractivity contribution < 1.29 is 24.2 Å². The Kier molecular flexibility index (Phi) is 8.85. The van der Waals surface area contributed by atoms with Crippen LogP contribution in [0.3, 0.4) is 0 Å². The number of nitrogens with zero attached hydrogens (tertiary/aromatic N) is 3. The average molecular weight is 636 g/mol. The second kappa shape index (κ2) is 12.7. The van der Waals surface area contributed by atoms with Crippen LogP contribution in [-0.4, -0.2) is 70.7 Å². The number of likely N-dealkylation sites (tertiary alicyclic amines) is 1. The van der Waals surface area contributed by atoms with Crippen molar-refractivity contribution in [2.75, 3.05) is 29.5 Å². The Bertz CT molecular complexity index is 1690. The third-order valence-corrected chi connectivity index (χ3v) is 10.3. The zero-order valence-corrected chi connectivity index (χ0v) is 27.5. The molecule has 6 atom stereocenters. The first kappa shape index (κ1) is 32.7. The van der Waals surface area contributed by atoms with Gasteiger partial charge in [-0.05, 0) is 67.1 Å². The number of hydrogen-bond donors (Lipinski definition) is 1. The molecule has 3 aliphatic heterocycles. The van der Waals surface area contributed by atoms with Crippen LogP contribution < -0.4 is 9.80 Å². The maximum absolute atomic E-state index is 15.1. The lowest BCUT2D eigenvalue weighted by Crippen LogP contribution is -2.59. The second-order valence-electron chi connectivity index (χ2n) is 13.8. The molecule has 8 nitrogen and oxygen atoms in total. The third-order valence-electron chi connectivity index (χ3n) is 10.3. The Morgan fingerprint density at radius 3 is 2.21 bits per heavy atom. The molecule has 0 aliphatic carbocycles. The topological polar surface area (TPSA) is 90.4 Å². The van der Waals surface area contributed by atoms with E-state index < -0.39 is 35.1 Å². The number of amides is 3. The van der Waals surface area contributed by atoms with E-state index in [-0.39, 0.29) is 43.3 Å². The van der Waals surface area contributed by atoms with Crippen LogP contribution in [0.5, 0.6) is 0 Å². The normalized spacial score (nSPS) is 26.8. The van der Waals surface area contributed by atoms with Crippen LogP contribution in [0.1, 0.15) is 40.0 Å². The van der Waals surface area contributed by atoms with E-state index in [1.165, 1.54) is 0 Å². The predicted octanol–water partition coefficient (Wildman–Crippen LogP) is 5.75. The lowest BCUT2D eigenvalue weighted by molar-refractivity contribution is -0.148. The third kappa shape index (κ3) is 5.37. The Hall–Kier alpha value is -4.27. The van der Waals surface area contributed by atoms with Gasteiger partial charge in [0.1, 0.15) is 11.6 Å². The van der Waals surface area contributed by atoms with Crippen molar-refractivity contribution in [1.82, 2.24) is 4.90 Å². The van der Waals surface area contributed by atoms with Gasteiger partial charge in [0, 0.05) is 24.5 Å². The maximum Gasteiger partial charge on any atom is 0.253 e. The molecule has 3 amide bonds. The summed E-state index contributed by atoms with van der Waals surface area (Å²) < 4.78 is 6.95. The van der Waals surface area contributed by atoms with Gasteiger partial charge in [0.15, 0.2) is 0 Å². The summed E-state index contributed by atoms with van der Waals surface area (Å²) in [6.07, 6.45) is 4.81. The first-order valence-corrected chi connectivity index (χ1v) is 16.6. The van der Waals surface area contributed by atoms with Gasteiger partial charge in [0.05, 0.1) is 30.1 Å². The molecular weight excluding hydrogens is 590 g/mol. The van der Waals surface area contributed by atoms with Gasteiger partial charge >= 0.3 is 0 Å². The zero-order chi connectivity index (χ0) is 33.5. The van der Waals surface area contributed by atoms with Crippen LogP contribution in [0.2, 0.25) is 0 Å². The van der Waals surface area contributed by atoms with Crippen LogP contribution in [-0.2, 0) is 19.1 Å². The van der Waals surface area contributed by atoms with Gasteiger partial charge in [0.25, 0.3) is 5.91 Å². The molecule has 1 spiro atoms. The number of benzene rings is 3. The molecule has 3 fully saturated rings. The van der Waals surface area contributed by atoms with Gasteiger partial charge < -0.3 is 24.5 Å². The minimum atomic E-state index is -1.24. The quantitative estimate of drug-likeness (QED) is 0.256. The molecule has 3 aliphatic rings. The number of carbonyl (C=O) groups is 3. The van der Waals surface area contributed by atoms with Gasteiger partial charge in [-0.2, -0.15) is 0 Å². The molecule has 3 aromatic rings. The van der Waals surface area contributed by atoms with Gasteiger partial charge in [-0.25, -0.2) is 0 Å². The van der Waals surface area contributed by atoms with Crippen molar-refractivity contribution in [2.24, 2.45) is 17.8 Å². The first-order chi connectivity index (χ1) is 22.6. The summed E-state index contributed by atoms with van der Waals surface area (Å²) >= 11 is 0. The Labute approximate surface area is 277 Å². The van der Waals surface area contributed by atoms with E-state index in [4.69, 9.17) is 4.74 Å². The van der Waals surface area contributed by atoms with Crippen molar-refractivity contribution in [2.45, 2.75) is 63.3 Å². The summed E-state index contributed by atoms with van der Waals surface area (Å²) in [6, 6.07) is 21.5. The minimum absolute atomic E-state index is 0.145. The molecule has 0 radical (unpaired) electrons. The van der Waals surface area contributed by atoms with Crippen LogP contribution in [0.25, 0.3) is 10.8 Å². The smallest absolute Gasteiger partial charge is 0.253 e. The van der Waals surface area contributed by atoms with E-state index in [1.807, 2.05) is 93.6 Å². The largest absolute Gasteiger partial charge is 0.394 e. The number of aliphatic hydroxyl groups is 1. The summed E-state index contributed by atoms with van der Waals surface area (Å²) in [5, 5.41) is 12.8. The summed E-state index contributed by atoms with van der Waals surface area (Å²) in [4.78, 5) is 49.6. The minimum Gasteiger partial charge on any atom is -0.394 e. The summed E-state index contributed by atoms with van der Waals surface area (Å²) in [7, 11) is 0. The molecule has 6 rings (SSSR count). The highest BCUT2D eigenvalue weighted by molar-refractivity contribution is 6.07. The van der Waals surface area contributed by atoms with Gasteiger partial charge in [-0.15, -0.1) is 13.2 Å². The first-order valence-electron chi connectivity index (χ1n) is 16.6. The maximum atomic E-state index is 15.1. The Morgan fingerprint density at radius 1 is 0.936 bits per heavy atom. The molecular formula is C39H45N3O5. The van der Waals surface area contributed by atoms with Crippen molar-refractivity contribution in [1.29, 1.82) is 0 Å². The number of aliphatic hydroxyl groups excluding tert-OH is 1. The summed E-state index contributed by atoms with van der Waals surface area (Å²) in [6.45, 7) is 14.0. The molecule has 0 saturated carbocycles. The van der Waals surface area contributed by atoms with E-state index in [2.05, 4.69) is 13.2 Å². The van der Waals surface area contributed by atoms with E-state index in [9.17, 15) is 14.7 Å². The van der Waals surface area contributed by atoms with Crippen LogP contribution in [0.15, 0.2) is 98.1 Å².